The number of nitrogens with zero attached hydrogens (tertiary/aromatic N) is 2. The van der Waals surface area contributed by atoms with Crippen molar-refractivity contribution in [3.05, 3.63) is 0 Å². The summed E-state index contributed by atoms with van der Waals surface area (Å²) < 4.78 is 0. The van der Waals surface area contributed by atoms with Crippen LogP contribution in [0.1, 0.15) is 226 Å². The molecule has 1 aliphatic rings. The molecule has 1 heterocycles. The summed E-state index contributed by atoms with van der Waals surface area (Å²) >= 11 is 0. The summed E-state index contributed by atoms with van der Waals surface area (Å²) in [6.07, 6.45) is 48.3. The van der Waals surface area contributed by atoms with Crippen molar-refractivity contribution in [1.29, 1.82) is 0 Å². The van der Waals surface area contributed by atoms with E-state index in [2.05, 4.69) is 23.6 Å². The third-order valence-corrected chi connectivity index (χ3v) is 10.3. The van der Waals surface area contributed by atoms with E-state index in [-0.39, 0.29) is 0 Å². The number of unbranched alkanes of at least 4 members (excludes halogenated alkanes) is 30. The van der Waals surface area contributed by atoms with Crippen LogP contribution in [0.25, 0.3) is 0 Å². The van der Waals surface area contributed by atoms with E-state index in [9.17, 15) is 0 Å². The molecule has 0 aliphatic carbocycles. The zero-order valence-corrected chi connectivity index (χ0v) is 30.5. The van der Waals surface area contributed by atoms with E-state index in [4.69, 9.17) is 0 Å². The van der Waals surface area contributed by atoms with Crippen LogP contribution < -0.4 is 0 Å². The van der Waals surface area contributed by atoms with Crippen LogP contribution in [0.5, 0.6) is 0 Å². The van der Waals surface area contributed by atoms with E-state index in [0.29, 0.717) is 0 Å². The third kappa shape index (κ3) is 30.3. The van der Waals surface area contributed by atoms with Crippen molar-refractivity contribution in [2.45, 2.75) is 226 Å². The van der Waals surface area contributed by atoms with Gasteiger partial charge >= 0.3 is 0 Å². The number of hydrogen-bond acceptors (Lipinski definition) is 2. The van der Waals surface area contributed by atoms with E-state index >= 15 is 0 Å². The molecule has 1 saturated heterocycles. The molecule has 0 amide bonds. The van der Waals surface area contributed by atoms with Crippen molar-refractivity contribution in [3.63, 3.8) is 0 Å². The summed E-state index contributed by atoms with van der Waals surface area (Å²) in [5, 5.41) is 0. The molecule has 1 rings (SSSR count). The van der Waals surface area contributed by atoms with Gasteiger partial charge in [0.2, 0.25) is 0 Å². The molecule has 0 aromatic carbocycles. The molecule has 2 heteroatoms. The maximum Gasteiger partial charge on any atom is 0.0109 e. The number of hydrogen-bond donors (Lipinski definition) is 0. The molecule has 1 fully saturated rings. The standard InChI is InChI=1S/C41H84N2/c1-3-5-7-9-11-13-15-17-19-21-23-25-27-29-31-33-36-42-38-35-39-43(41-40-42)37-34-32-30-28-26-24-22-20-18-16-14-12-10-8-6-4-2/h3-41H2,1-2H3. The van der Waals surface area contributed by atoms with Gasteiger partial charge in [-0.3, -0.25) is 0 Å². The first kappa shape index (κ1) is 40.9. The third-order valence-electron chi connectivity index (χ3n) is 10.3. The summed E-state index contributed by atoms with van der Waals surface area (Å²) in [7, 11) is 0. The molecule has 0 saturated carbocycles. The van der Waals surface area contributed by atoms with Gasteiger partial charge in [0.1, 0.15) is 0 Å². The summed E-state index contributed by atoms with van der Waals surface area (Å²) in [5.41, 5.74) is 0. The summed E-state index contributed by atoms with van der Waals surface area (Å²) in [6.45, 7) is 12.6. The van der Waals surface area contributed by atoms with Crippen molar-refractivity contribution in [1.82, 2.24) is 9.80 Å². The fourth-order valence-corrected chi connectivity index (χ4v) is 7.24. The minimum absolute atomic E-state index is 1.32. The molecule has 258 valence electrons. The Hall–Kier alpha value is -0.0800. The average Bonchev–Trinajstić information content (AvgIpc) is 3.25. The Morgan fingerprint density at radius 2 is 0.465 bits per heavy atom. The second-order valence-electron chi connectivity index (χ2n) is 14.6. The molecule has 0 bridgehead atoms. The Bertz CT molecular complexity index is 462. The normalized spacial score (nSPS) is 14.9. The average molecular weight is 605 g/mol. The first-order valence-electron chi connectivity index (χ1n) is 20.8. The van der Waals surface area contributed by atoms with Crippen LogP contribution in [0.3, 0.4) is 0 Å². The van der Waals surface area contributed by atoms with Gasteiger partial charge in [-0.05, 0) is 45.4 Å². The van der Waals surface area contributed by atoms with E-state index in [1.807, 2.05) is 0 Å². The molecule has 2 nitrogen and oxygen atoms in total. The van der Waals surface area contributed by atoms with Crippen LogP contribution >= 0.6 is 0 Å². The molecule has 0 atom stereocenters. The van der Waals surface area contributed by atoms with Gasteiger partial charge in [-0.1, -0.05) is 206 Å². The Labute approximate surface area is 274 Å². The van der Waals surface area contributed by atoms with Crippen LogP contribution in [0, 0.1) is 0 Å². The lowest BCUT2D eigenvalue weighted by Gasteiger charge is -2.21. The van der Waals surface area contributed by atoms with Crippen LogP contribution in [-0.4, -0.2) is 49.1 Å². The lowest BCUT2D eigenvalue weighted by molar-refractivity contribution is 0.249. The molecule has 0 radical (unpaired) electrons. The van der Waals surface area contributed by atoms with Crippen LogP contribution in [0.4, 0.5) is 0 Å². The minimum Gasteiger partial charge on any atom is -0.302 e. The van der Waals surface area contributed by atoms with Crippen LogP contribution in [0.2, 0.25) is 0 Å². The van der Waals surface area contributed by atoms with Crippen molar-refractivity contribution in [2.24, 2.45) is 0 Å². The Morgan fingerprint density at radius 1 is 0.256 bits per heavy atom. The highest BCUT2D eigenvalue weighted by Crippen LogP contribution is 2.16. The van der Waals surface area contributed by atoms with Crippen molar-refractivity contribution < 1.29 is 0 Å². The quantitative estimate of drug-likeness (QED) is 0.0674. The van der Waals surface area contributed by atoms with Gasteiger partial charge in [-0.2, -0.15) is 0 Å². The van der Waals surface area contributed by atoms with E-state index in [0.717, 1.165) is 0 Å². The predicted octanol–water partition coefficient (Wildman–Crippen LogP) is 13.5. The summed E-state index contributed by atoms with van der Waals surface area (Å²) in [4.78, 5) is 5.55. The highest BCUT2D eigenvalue weighted by atomic mass is 15.2. The smallest absolute Gasteiger partial charge is 0.0109 e. The lowest BCUT2D eigenvalue weighted by Crippen LogP contribution is -2.32. The van der Waals surface area contributed by atoms with Crippen molar-refractivity contribution >= 4 is 0 Å². The van der Waals surface area contributed by atoms with Gasteiger partial charge in [0, 0.05) is 13.1 Å². The molecular formula is C41H84N2. The molecule has 0 spiro atoms. The summed E-state index contributed by atoms with van der Waals surface area (Å²) in [5.74, 6) is 0. The largest absolute Gasteiger partial charge is 0.302 e. The van der Waals surface area contributed by atoms with E-state index in [1.54, 1.807) is 0 Å². The maximum atomic E-state index is 2.78. The summed E-state index contributed by atoms with van der Waals surface area (Å²) in [6, 6.07) is 0. The molecule has 0 aromatic rings. The molecular weight excluding hydrogens is 520 g/mol. The van der Waals surface area contributed by atoms with Gasteiger partial charge in [-0.15, -0.1) is 0 Å². The SMILES string of the molecule is CCCCCCCCCCCCCCCCCCN1CCCN(CCCCCCCCCCCCCCCCCC)CC1. The van der Waals surface area contributed by atoms with Crippen LogP contribution in [-0.2, 0) is 0 Å². The first-order chi connectivity index (χ1) is 21.4. The molecule has 0 unspecified atom stereocenters. The van der Waals surface area contributed by atoms with E-state index < -0.39 is 0 Å². The molecule has 43 heavy (non-hydrogen) atoms. The Balaban J connectivity index is 1.79. The van der Waals surface area contributed by atoms with Gasteiger partial charge in [0.05, 0.1) is 0 Å². The van der Waals surface area contributed by atoms with Crippen LogP contribution in [0.15, 0.2) is 0 Å². The monoisotopic (exact) mass is 605 g/mol. The second-order valence-corrected chi connectivity index (χ2v) is 14.6. The minimum atomic E-state index is 1.32. The maximum absolute atomic E-state index is 2.78. The first-order valence-corrected chi connectivity index (χ1v) is 20.8. The van der Waals surface area contributed by atoms with Crippen molar-refractivity contribution in [2.75, 3.05) is 39.3 Å². The fraction of sp³-hybridized carbons (Fsp3) is 1.00. The second kappa shape index (κ2) is 34.8. The zero-order valence-electron chi connectivity index (χ0n) is 30.5. The molecule has 0 N–H and O–H groups in total. The molecule has 1 aliphatic heterocycles. The van der Waals surface area contributed by atoms with E-state index in [1.165, 1.54) is 251 Å². The Morgan fingerprint density at radius 3 is 0.698 bits per heavy atom. The fourth-order valence-electron chi connectivity index (χ4n) is 7.24. The topological polar surface area (TPSA) is 6.48 Å². The molecule has 0 aromatic heterocycles. The van der Waals surface area contributed by atoms with Gasteiger partial charge in [0.15, 0.2) is 0 Å². The highest BCUT2D eigenvalue weighted by Gasteiger charge is 2.14. The van der Waals surface area contributed by atoms with Gasteiger partial charge in [-0.25, -0.2) is 0 Å². The highest BCUT2D eigenvalue weighted by molar-refractivity contribution is 4.70. The van der Waals surface area contributed by atoms with Gasteiger partial charge < -0.3 is 9.80 Å². The number of rotatable bonds is 34. The van der Waals surface area contributed by atoms with Crippen molar-refractivity contribution in [3.8, 4) is 0 Å². The predicted molar refractivity (Wildman–Crippen MR) is 197 cm³/mol. The zero-order chi connectivity index (χ0) is 30.7. The van der Waals surface area contributed by atoms with Gasteiger partial charge in [0.25, 0.3) is 0 Å². The Kier molecular flexibility index (Phi) is 33.1. The lowest BCUT2D eigenvalue weighted by atomic mass is 10.0.